The van der Waals surface area contributed by atoms with Crippen LogP contribution >= 0.6 is 0 Å². The second-order valence-corrected chi connectivity index (χ2v) is 4.24. The van der Waals surface area contributed by atoms with Crippen molar-refractivity contribution < 1.29 is 14.3 Å². The Balaban J connectivity index is 2.45. The van der Waals surface area contributed by atoms with Gasteiger partial charge in [-0.25, -0.2) is 4.79 Å². The Hall–Kier alpha value is -1.55. The van der Waals surface area contributed by atoms with Gasteiger partial charge in [0.2, 0.25) is 0 Å². The van der Waals surface area contributed by atoms with Gasteiger partial charge in [0.15, 0.2) is 0 Å². The van der Waals surface area contributed by atoms with Gasteiger partial charge < -0.3 is 14.8 Å². The molecule has 1 heterocycles. The van der Waals surface area contributed by atoms with Crippen LogP contribution in [-0.2, 0) is 17.6 Å². The van der Waals surface area contributed by atoms with Crippen molar-refractivity contribution in [1.29, 1.82) is 0 Å². The van der Waals surface area contributed by atoms with E-state index in [1.807, 2.05) is 13.0 Å². The van der Waals surface area contributed by atoms with Crippen molar-refractivity contribution in [3.63, 3.8) is 0 Å². The van der Waals surface area contributed by atoms with Crippen LogP contribution in [0.25, 0.3) is 0 Å². The molecule has 1 aliphatic heterocycles. The van der Waals surface area contributed by atoms with Gasteiger partial charge in [-0.05, 0) is 56.1 Å². The van der Waals surface area contributed by atoms with Crippen LogP contribution in [0.15, 0.2) is 12.1 Å². The number of fused-ring (bicyclic) bond motifs is 1. The summed E-state index contributed by atoms with van der Waals surface area (Å²) in [5.74, 6) is 0.625. The first-order valence-corrected chi connectivity index (χ1v) is 6.34. The summed E-state index contributed by atoms with van der Waals surface area (Å²) in [6, 6.07) is 3.66. The van der Waals surface area contributed by atoms with E-state index in [1.54, 1.807) is 13.2 Å². The number of benzene rings is 1. The van der Waals surface area contributed by atoms with Crippen molar-refractivity contribution in [2.75, 3.05) is 26.8 Å². The first-order valence-electron chi connectivity index (χ1n) is 6.34. The zero-order valence-electron chi connectivity index (χ0n) is 10.9. The Labute approximate surface area is 107 Å². The van der Waals surface area contributed by atoms with E-state index in [-0.39, 0.29) is 5.97 Å². The molecule has 0 aliphatic carbocycles. The highest BCUT2D eigenvalue weighted by molar-refractivity contribution is 5.92. The van der Waals surface area contributed by atoms with E-state index in [0.29, 0.717) is 12.2 Å². The Bertz CT molecular complexity index is 443. The van der Waals surface area contributed by atoms with Crippen molar-refractivity contribution in [1.82, 2.24) is 5.32 Å². The molecule has 0 radical (unpaired) electrons. The van der Waals surface area contributed by atoms with Crippen LogP contribution in [0.4, 0.5) is 0 Å². The van der Waals surface area contributed by atoms with Crippen LogP contribution in [0.1, 0.15) is 28.4 Å². The molecule has 4 nitrogen and oxygen atoms in total. The van der Waals surface area contributed by atoms with Crippen molar-refractivity contribution >= 4 is 5.97 Å². The van der Waals surface area contributed by atoms with E-state index < -0.39 is 0 Å². The number of methoxy groups -OCH3 is 1. The minimum atomic E-state index is -0.238. The van der Waals surface area contributed by atoms with Crippen LogP contribution in [0, 0.1) is 0 Å². The van der Waals surface area contributed by atoms with Crippen LogP contribution in [0.5, 0.6) is 5.75 Å². The molecule has 0 saturated carbocycles. The van der Waals surface area contributed by atoms with Crippen LogP contribution < -0.4 is 10.1 Å². The lowest BCUT2D eigenvalue weighted by Crippen LogP contribution is -2.16. The highest BCUT2D eigenvalue weighted by Crippen LogP contribution is 2.28. The molecule has 1 aromatic carbocycles. The summed E-state index contributed by atoms with van der Waals surface area (Å²) >= 11 is 0. The summed E-state index contributed by atoms with van der Waals surface area (Å²) in [6.07, 6.45) is 1.71. The topological polar surface area (TPSA) is 47.6 Å². The molecule has 0 saturated heterocycles. The Kier molecular flexibility index (Phi) is 4.20. The summed E-state index contributed by atoms with van der Waals surface area (Å²) in [6.45, 7) is 4.02. The van der Waals surface area contributed by atoms with Gasteiger partial charge in [0.1, 0.15) is 5.75 Å². The lowest BCUT2D eigenvalue weighted by Gasteiger charge is -2.14. The lowest BCUT2D eigenvalue weighted by atomic mass is 9.96. The smallest absolute Gasteiger partial charge is 0.338 e. The molecule has 2 rings (SSSR count). The van der Waals surface area contributed by atoms with Gasteiger partial charge in [-0.3, -0.25) is 0 Å². The zero-order chi connectivity index (χ0) is 13.0. The lowest BCUT2D eigenvalue weighted by molar-refractivity contribution is 0.0525. The summed E-state index contributed by atoms with van der Waals surface area (Å²) < 4.78 is 10.5. The molecule has 1 aliphatic rings. The molecule has 0 atom stereocenters. The van der Waals surface area contributed by atoms with Gasteiger partial charge in [0, 0.05) is 0 Å². The number of nitrogens with one attached hydrogen (secondary N) is 1. The third-order valence-corrected chi connectivity index (χ3v) is 3.21. The summed E-state index contributed by atoms with van der Waals surface area (Å²) in [5.41, 5.74) is 2.88. The quantitative estimate of drug-likeness (QED) is 0.826. The van der Waals surface area contributed by atoms with Gasteiger partial charge in [-0.1, -0.05) is 0 Å². The minimum absolute atomic E-state index is 0.238. The molecule has 1 N–H and O–H groups in total. The molecule has 0 amide bonds. The first-order chi connectivity index (χ1) is 8.77. The van der Waals surface area contributed by atoms with Crippen molar-refractivity contribution in [2.24, 2.45) is 0 Å². The second-order valence-electron chi connectivity index (χ2n) is 4.24. The maximum atomic E-state index is 11.9. The van der Waals surface area contributed by atoms with Gasteiger partial charge in [0.25, 0.3) is 0 Å². The van der Waals surface area contributed by atoms with E-state index in [1.165, 1.54) is 0 Å². The third-order valence-electron chi connectivity index (χ3n) is 3.21. The number of hydrogen-bond donors (Lipinski definition) is 1. The van der Waals surface area contributed by atoms with E-state index in [9.17, 15) is 4.79 Å². The molecule has 0 spiro atoms. The van der Waals surface area contributed by atoms with Gasteiger partial charge >= 0.3 is 5.97 Å². The van der Waals surface area contributed by atoms with E-state index in [4.69, 9.17) is 9.47 Å². The molecule has 98 valence electrons. The van der Waals surface area contributed by atoms with Gasteiger partial charge in [-0.2, -0.15) is 0 Å². The Morgan fingerprint density at radius 3 is 2.67 bits per heavy atom. The number of carbonyl (C=O) groups is 1. The molecule has 4 heteroatoms. The van der Waals surface area contributed by atoms with Crippen LogP contribution in [-0.4, -0.2) is 32.8 Å². The average Bonchev–Trinajstić information content (AvgIpc) is 2.63. The molecule has 0 bridgehead atoms. The van der Waals surface area contributed by atoms with Gasteiger partial charge in [-0.15, -0.1) is 0 Å². The Morgan fingerprint density at radius 1 is 1.28 bits per heavy atom. The summed E-state index contributed by atoms with van der Waals surface area (Å²) in [5, 5.41) is 3.34. The Morgan fingerprint density at radius 2 is 2.00 bits per heavy atom. The molecule has 0 aromatic heterocycles. The van der Waals surface area contributed by atoms with E-state index in [2.05, 4.69) is 5.32 Å². The summed E-state index contributed by atoms with van der Waals surface area (Å²) in [4.78, 5) is 11.9. The molecule has 18 heavy (non-hydrogen) atoms. The number of carbonyl (C=O) groups excluding carboxylic acids is 1. The van der Waals surface area contributed by atoms with E-state index in [0.717, 1.165) is 42.8 Å². The highest BCUT2D eigenvalue weighted by atomic mass is 16.5. The maximum absolute atomic E-state index is 11.9. The third kappa shape index (κ3) is 2.48. The normalized spacial score (nSPS) is 14.6. The molecular weight excluding hydrogens is 230 g/mol. The highest BCUT2D eigenvalue weighted by Gasteiger charge is 2.20. The standard InChI is InChI=1S/C14H19NO3/c1-3-18-14(16)12-4-5-13(17-2)11-7-9-15-8-6-10(11)12/h4-5,15H,3,6-9H2,1-2H3. The fourth-order valence-electron chi connectivity index (χ4n) is 2.37. The zero-order valence-corrected chi connectivity index (χ0v) is 10.9. The van der Waals surface area contributed by atoms with Gasteiger partial charge in [0.05, 0.1) is 19.3 Å². The van der Waals surface area contributed by atoms with Crippen molar-refractivity contribution in [3.05, 3.63) is 28.8 Å². The number of esters is 1. The molecule has 1 aromatic rings. The molecule has 0 fully saturated rings. The molecular formula is C14H19NO3. The predicted octanol–water partition coefficient (Wildman–Crippen LogP) is 1.56. The largest absolute Gasteiger partial charge is 0.496 e. The molecule has 0 unspecified atom stereocenters. The fraction of sp³-hybridized carbons (Fsp3) is 0.500. The van der Waals surface area contributed by atoms with Crippen LogP contribution in [0.3, 0.4) is 0 Å². The summed E-state index contributed by atoms with van der Waals surface area (Å²) in [7, 11) is 1.66. The maximum Gasteiger partial charge on any atom is 0.338 e. The monoisotopic (exact) mass is 249 g/mol. The van der Waals surface area contributed by atoms with Crippen molar-refractivity contribution in [2.45, 2.75) is 19.8 Å². The predicted molar refractivity (Wildman–Crippen MR) is 69.2 cm³/mol. The number of hydrogen-bond acceptors (Lipinski definition) is 4. The number of rotatable bonds is 3. The minimum Gasteiger partial charge on any atom is -0.496 e. The first kappa shape index (κ1) is 12.9. The van der Waals surface area contributed by atoms with E-state index >= 15 is 0 Å². The van der Waals surface area contributed by atoms with Crippen molar-refractivity contribution in [3.8, 4) is 5.75 Å². The number of ether oxygens (including phenoxy) is 2. The average molecular weight is 249 g/mol. The fourth-order valence-corrected chi connectivity index (χ4v) is 2.37. The second kappa shape index (κ2) is 5.87. The van der Waals surface area contributed by atoms with Crippen LogP contribution in [0.2, 0.25) is 0 Å². The SMILES string of the molecule is CCOC(=O)c1ccc(OC)c2c1CCNCC2.